The maximum Gasteiger partial charge on any atom is 0.228 e. The summed E-state index contributed by atoms with van der Waals surface area (Å²) in [7, 11) is 1.62. The zero-order valence-electron chi connectivity index (χ0n) is 18.6. The highest BCUT2D eigenvalue weighted by atomic mass is 16.5. The minimum atomic E-state index is -0.0616. The van der Waals surface area contributed by atoms with E-state index in [1.54, 1.807) is 7.11 Å². The van der Waals surface area contributed by atoms with Crippen molar-refractivity contribution in [2.24, 2.45) is 0 Å². The normalized spacial score (nSPS) is 13.5. The number of ether oxygens (including phenoxy) is 1. The van der Waals surface area contributed by atoms with Gasteiger partial charge in [-0.25, -0.2) is 4.98 Å². The number of nitrogens with one attached hydrogen (secondary N) is 2. The Balaban J connectivity index is 1.36. The average molecular weight is 432 g/mol. The first-order valence-corrected chi connectivity index (χ1v) is 11.0. The van der Waals surface area contributed by atoms with Gasteiger partial charge in [0.2, 0.25) is 11.9 Å². The lowest BCUT2D eigenvalue weighted by atomic mass is 10.1. The van der Waals surface area contributed by atoms with Crippen LogP contribution in [0.25, 0.3) is 0 Å². The fraction of sp³-hybridized carbons (Fsp3) is 0.320. The molecule has 7 nitrogen and oxygen atoms in total. The van der Waals surface area contributed by atoms with E-state index in [4.69, 9.17) is 9.72 Å². The highest BCUT2D eigenvalue weighted by Crippen LogP contribution is 2.22. The summed E-state index contributed by atoms with van der Waals surface area (Å²) >= 11 is 0. The third kappa shape index (κ3) is 5.75. The maximum atomic E-state index is 12.4. The van der Waals surface area contributed by atoms with Gasteiger partial charge in [-0.2, -0.15) is 4.98 Å². The largest absolute Gasteiger partial charge is 0.497 e. The molecule has 0 aliphatic carbocycles. The topological polar surface area (TPSA) is 79.4 Å². The molecule has 1 fully saturated rings. The number of rotatable bonds is 7. The summed E-state index contributed by atoms with van der Waals surface area (Å²) < 4.78 is 5.15. The zero-order chi connectivity index (χ0) is 22.3. The first-order chi connectivity index (χ1) is 15.6. The van der Waals surface area contributed by atoms with Gasteiger partial charge in [0, 0.05) is 36.2 Å². The van der Waals surface area contributed by atoms with Crippen molar-refractivity contribution >= 4 is 29.0 Å². The number of aryl methyl sites for hydroxylation is 1. The Kier molecular flexibility index (Phi) is 6.84. The molecular formula is C25H29N5O2. The molecule has 7 heteroatoms. The summed E-state index contributed by atoms with van der Waals surface area (Å²) in [5, 5.41) is 6.29. The van der Waals surface area contributed by atoms with E-state index in [0.29, 0.717) is 6.42 Å². The molecule has 1 amide bonds. The van der Waals surface area contributed by atoms with Crippen LogP contribution in [0.2, 0.25) is 0 Å². The van der Waals surface area contributed by atoms with Crippen molar-refractivity contribution < 1.29 is 9.53 Å². The Morgan fingerprint density at radius 2 is 1.66 bits per heavy atom. The van der Waals surface area contributed by atoms with E-state index >= 15 is 0 Å². The van der Waals surface area contributed by atoms with E-state index in [1.165, 1.54) is 19.3 Å². The molecule has 0 radical (unpaired) electrons. The van der Waals surface area contributed by atoms with Crippen LogP contribution in [-0.2, 0) is 11.2 Å². The molecule has 4 rings (SSSR count). The van der Waals surface area contributed by atoms with E-state index in [2.05, 4.69) is 20.5 Å². The van der Waals surface area contributed by atoms with Crippen LogP contribution in [0.1, 0.15) is 30.5 Å². The highest BCUT2D eigenvalue weighted by molar-refractivity contribution is 5.92. The minimum Gasteiger partial charge on any atom is -0.497 e. The van der Waals surface area contributed by atoms with Crippen LogP contribution >= 0.6 is 0 Å². The predicted octanol–water partition coefficient (Wildman–Crippen LogP) is 4.71. The molecule has 0 saturated carbocycles. The molecule has 0 spiro atoms. The van der Waals surface area contributed by atoms with Crippen LogP contribution in [0.4, 0.5) is 23.1 Å². The second-order valence-corrected chi connectivity index (χ2v) is 8.02. The van der Waals surface area contributed by atoms with Gasteiger partial charge in [0.05, 0.1) is 13.5 Å². The number of aromatic nitrogens is 2. The molecule has 2 heterocycles. The summed E-state index contributed by atoms with van der Waals surface area (Å²) in [6, 6.07) is 17.1. The van der Waals surface area contributed by atoms with Crippen LogP contribution in [0, 0.1) is 6.92 Å². The summed E-state index contributed by atoms with van der Waals surface area (Å²) in [4.78, 5) is 23.9. The van der Waals surface area contributed by atoms with E-state index in [-0.39, 0.29) is 5.91 Å². The number of benzene rings is 2. The summed E-state index contributed by atoms with van der Waals surface area (Å²) in [5.74, 6) is 2.27. The summed E-state index contributed by atoms with van der Waals surface area (Å²) in [6.45, 7) is 4.00. The molecule has 1 aliphatic heterocycles. The molecule has 1 aliphatic rings. The lowest BCUT2D eigenvalue weighted by molar-refractivity contribution is -0.115. The third-order valence-electron chi connectivity index (χ3n) is 5.45. The van der Waals surface area contributed by atoms with E-state index in [0.717, 1.165) is 53.2 Å². The van der Waals surface area contributed by atoms with Crippen LogP contribution in [0.15, 0.2) is 54.6 Å². The van der Waals surface area contributed by atoms with E-state index in [1.807, 2.05) is 61.5 Å². The lowest BCUT2D eigenvalue weighted by Crippen LogP contribution is -2.31. The number of amides is 1. The fourth-order valence-corrected chi connectivity index (χ4v) is 3.77. The number of anilines is 4. The first kappa shape index (κ1) is 21.6. The summed E-state index contributed by atoms with van der Waals surface area (Å²) in [5.41, 5.74) is 3.53. The SMILES string of the molecule is COc1ccc(CC(=O)Nc2ccc(Nc3cc(C)nc(N4CCCCC4)n3)cc2)cc1. The van der Waals surface area contributed by atoms with Gasteiger partial charge in [0.15, 0.2) is 0 Å². The first-order valence-electron chi connectivity index (χ1n) is 11.0. The zero-order valence-corrected chi connectivity index (χ0v) is 18.6. The van der Waals surface area contributed by atoms with E-state index in [9.17, 15) is 4.79 Å². The lowest BCUT2D eigenvalue weighted by Gasteiger charge is -2.27. The van der Waals surface area contributed by atoms with Gasteiger partial charge in [-0.05, 0) is 68.1 Å². The van der Waals surface area contributed by atoms with Gasteiger partial charge < -0.3 is 20.3 Å². The average Bonchev–Trinajstić information content (AvgIpc) is 2.81. The number of carbonyl (C=O) groups excluding carboxylic acids is 1. The Morgan fingerprint density at radius 3 is 2.34 bits per heavy atom. The molecule has 1 aromatic heterocycles. The van der Waals surface area contributed by atoms with Crippen molar-refractivity contribution in [1.29, 1.82) is 0 Å². The van der Waals surface area contributed by atoms with Crippen LogP contribution in [0.3, 0.4) is 0 Å². The quantitative estimate of drug-likeness (QED) is 0.564. The Morgan fingerprint density at radius 1 is 0.969 bits per heavy atom. The number of piperidine rings is 1. The highest BCUT2D eigenvalue weighted by Gasteiger charge is 2.14. The van der Waals surface area contributed by atoms with Crippen molar-refractivity contribution in [3.63, 3.8) is 0 Å². The van der Waals surface area contributed by atoms with Gasteiger partial charge >= 0.3 is 0 Å². The molecule has 0 atom stereocenters. The molecule has 2 aromatic carbocycles. The van der Waals surface area contributed by atoms with Crippen molar-refractivity contribution in [3.8, 4) is 5.75 Å². The molecule has 166 valence electrons. The fourth-order valence-electron chi connectivity index (χ4n) is 3.77. The third-order valence-corrected chi connectivity index (χ3v) is 5.45. The number of nitrogens with zero attached hydrogens (tertiary/aromatic N) is 3. The molecule has 3 aromatic rings. The Labute approximate surface area is 188 Å². The second-order valence-electron chi connectivity index (χ2n) is 8.02. The van der Waals surface area contributed by atoms with Gasteiger partial charge in [-0.15, -0.1) is 0 Å². The molecule has 2 N–H and O–H groups in total. The minimum absolute atomic E-state index is 0.0616. The Hall–Kier alpha value is -3.61. The van der Waals surface area contributed by atoms with Crippen molar-refractivity contribution in [2.75, 3.05) is 35.7 Å². The molecule has 32 heavy (non-hydrogen) atoms. The van der Waals surface area contributed by atoms with Crippen LogP contribution < -0.4 is 20.3 Å². The molecular weight excluding hydrogens is 402 g/mol. The maximum absolute atomic E-state index is 12.4. The molecule has 0 bridgehead atoms. The Bertz CT molecular complexity index is 1040. The number of methoxy groups -OCH3 is 1. The second kappa shape index (κ2) is 10.1. The van der Waals surface area contributed by atoms with Crippen LogP contribution in [0.5, 0.6) is 5.75 Å². The number of hydrogen-bond donors (Lipinski definition) is 2. The van der Waals surface area contributed by atoms with Gasteiger partial charge in [-0.1, -0.05) is 12.1 Å². The van der Waals surface area contributed by atoms with Gasteiger partial charge in [-0.3, -0.25) is 4.79 Å². The smallest absolute Gasteiger partial charge is 0.228 e. The monoisotopic (exact) mass is 431 g/mol. The summed E-state index contributed by atoms with van der Waals surface area (Å²) in [6.07, 6.45) is 3.96. The number of hydrogen-bond acceptors (Lipinski definition) is 6. The molecule has 1 saturated heterocycles. The van der Waals surface area contributed by atoms with Crippen molar-refractivity contribution in [1.82, 2.24) is 9.97 Å². The van der Waals surface area contributed by atoms with Crippen LogP contribution in [-0.4, -0.2) is 36.1 Å². The standard InChI is InChI=1S/C25H29N5O2/c1-18-16-23(29-25(26-18)30-14-4-3-5-15-30)27-20-8-10-21(11-9-20)28-24(31)17-19-6-12-22(32-2)13-7-19/h6-13,16H,3-5,14-15,17H2,1-2H3,(H,28,31)(H,26,27,29). The van der Waals surface area contributed by atoms with E-state index < -0.39 is 0 Å². The number of carbonyl (C=O) groups is 1. The predicted molar refractivity (Wildman–Crippen MR) is 128 cm³/mol. The van der Waals surface area contributed by atoms with Crippen molar-refractivity contribution in [2.45, 2.75) is 32.6 Å². The van der Waals surface area contributed by atoms with Gasteiger partial charge in [0.25, 0.3) is 0 Å². The van der Waals surface area contributed by atoms with Crippen molar-refractivity contribution in [3.05, 3.63) is 65.9 Å². The molecule has 0 unspecified atom stereocenters. The van der Waals surface area contributed by atoms with Gasteiger partial charge in [0.1, 0.15) is 11.6 Å².